The Labute approximate surface area is 100 Å². The first-order valence-corrected chi connectivity index (χ1v) is 5.93. The van der Waals surface area contributed by atoms with Crippen molar-refractivity contribution in [3.05, 3.63) is 17.7 Å². The van der Waals surface area contributed by atoms with Crippen LogP contribution in [0.2, 0.25) is 0 Å². The summed E-state index contributed by atoms with van der Waals surface area (Å²) in [6, 6.07) is 0.563. The summed E-state index contributed by atoms with van der Waals surface area (Å²) in [5, 5.41) is 4.24. The third kappa shape index (κ3) is 1.45. The van der Waals surface area contributed by atoms with E-state index >= 15 is 0 Å². The van der Waals surface area contributed by atoms with Gasteiger partial charge in [0.2, 0.25) is 0 Å². The number of imidazole rings is 1. The first kappa shape index (κ1) is 10.4. The zero-order valence-corrected chi connectivity index (χ0v) is 10.4. The van der Waals surface area contributed by atoms with Crippen LogP contribution in [0.5, 0.6) is 0 Å². The molecule has 2 aromatic rings. The molecule has 3 rings (SSSR count). The van der Waals surface area contributed by atoms with Gasteiger partial charge in [-0.05, 0) is 26.7 Å². The van der Waals surface area contributed by atoms with E-state index in [2.05, 4.69) is 14.6 Å². The van der Waals surface area contributed by atoms with Crippen molar-refractivity contribution in [1.29, 1.82) is 0 Å². The zero-order chi connectivity index (χ0) is 12.2. The highest BCUT2D eigenvalue weighted by molar-refractivity contribution is 5.72. The van der Waals surface area contributed by atoms with Gasteiger partial charge in [0.25, 0.3) is 0 Å². The third-order valence-electron chi connectivity index (χ3n) is 3.53. The van der Waals surface area contributed by atoms with E-state index in [1.807, 2.05) is 31.8 Å². The Kier molecular flexibility index (Phi) is 2.05. The van der Waals surface area contributed by atoms with Gasteiger partial charge in [0.15, 0.2) is 0 Å². The van der Waals surface area contributed by atoms with Gasteiger partial charge in [-0.2, -0.15) is 5.10 Å². The number of aromatic nitrogens is 4. The van der Waals surface area contributed by atoms with Gasteiger partial charge in [-0.15, -0.1) is 0 Å². The molecule has 0 aliphatic heterocycles. The Bertz CT molecular complexity index is 574. The van der Waals surface area contributed by atoms with E-state index in [0.717, 1.165) is 28.6 Å². The molecule has 2 aromatic heterocycles. The fourth-order valence-corrected chi connectivity index (χ4v) is 2.28. The Morgan fingerprint density at radius 2 is 2.06 bits per heavy atom. The molecule has 5 nitrogen and oxygen atoms in total. The second-order valence-electron chi connectivity index (χ2n) is 4.76. The monoisotopic (exact) mass is 231 g/mol. The standard InChI is InChI=1S/C12H17N5/c1-7-10(6-14-16(7)3)11-12(13)17(8(2)15-11)9-4-5-9/h6,9H,4-5,13H2,1-3H3. The van der Waals surface area contributed by atoms with E-state index < -0.39 is 0 Å². The fraction of sp³-hybridized carbons (Fsp3) is 0.500. The molecule has 17 heavy (non-hydrogen) atoms. The topological polar surface area (TPSA) is 61.7 Å². The van der Waals surface area contributed by atoms with E-state index in [1.54, 1.807) is 0 Å². The van der Waals surface area contributed by atoms with E-state index in [1.165, 1.54) is 12.8 Å². The molecular formula is C12H17N5. The Balaban J connectivity index is 2.15. The average molecular weight is 231 g/mol. The predicted octanol–water partition coefficient (Wildman–Crippen LogP) is 1.82. The van der Waals surface area contributed by atoms with Crippen molar-refractivity contribution < 1.29 is 0 Å². The van der Waals surface area contributed by atoms with Gasteiger partial charge in [-0.25, -0.2) is 4.98 Å². The summed E-state index contributed by atoms with van der Waals surface area (Å²) in [7, 11) is 1.93. The van der Waals surface area contributed by atoms with Crippen LogP contribution in [0.1, 0.15) is 30.4 Å². The third-order valence-corrected chi connectivity index (χ3v) is 3.53. The molecule has 0 atom stereocenters. The van der Waals surface area contributed by atoms with Crippen molar-refractivity contribution in [3.8, 4) is 11.3 Å². The summed E-state index contributed by atoms with van der Waals surface area (Å²) in [6.07, 6.45) is 4.27. The van der Waals surface area contributed by atoms with Crippen molar-refractivity contribution in [2.24, 2.45) is 7.05 Å². The first-order chi connectivity index (χ1) is 8.09. The quantitative estimate of drug-likeness (QED) is 0.857. The lowest BCUT2D eigenvalue weighted by Gasteiger charge is -2.04. The van der Waals surface area contributed by atoms with Gasteiger partial charge in [-0.3, -0.25) is 4.68 Å². The van der Waals surface area contributed by atoms with Crippen LogP contribution in [0.4, 0.5) is 5.82 Å². The Hall–Kier alpha value is -1.78. The predicted molar refractivity (Wildman–Crippen MR) is 66.6 cm³/mol. The maximum Gasteiger partial charge on any atom is 0.132 e. The number of hydrogen-bond acceptors (Lipinski definition) is 3. The molecule has 0 unspecified atom stereocenters. The maximum atomic E-state index is 6.22. The first-order valence-electron chi connectivity index (χ1n) is 5.93. The number of nitrogen functional groups attached to an aromatic ring is 1. The summed E-state index contributed by atoms with van der Waals surface area (Å²) < 4.78 is 4.00. The average Bonchev–Trinajstić information content (AvgIpc) is 3.00. The van der Waals surface area contributed by atoms with Gasteiger partial charge in [0, 0.05) is 24.3 Å². The molecule has 2 heterocycles. The summed E-state index contributed by atoms with van der Waals surface area (Å²) in [5.41, 5.74) is 9.22. The molecule has 0 bridgehead atoms. The van der Waals surface area contributed by atoms with Gasteiger partial charge < -0.3 is 10.3 Å². The highest BCUT2D eigenvalue weighted by Gasteiger charge is 2.29. The lowest BCUT2D eigenvalue weighted by molar-refractivity contribution is 0.720. The SMILES string of the molecule is Cc1c(-c2nc(C)n(C3CC3)c2N)cnn1C. The minimum Gasteiger partial charge on any atom is -0.383 e. The van der Waals surface area contributed by atoms with Crippen LogP contribution in [0.25, 0.3) is 11.3 Å². The Morgan fingerprint density at radius 3 is 2.59 bits per heavy atom. The summed E-state index contributed by atoms with van der Waals surface area (Å²) in [5.74, 6) is 1.78. The van der Waals surface area contributed by atoms with Crippen molar-refractivity contribution in [2.45, 2.75) is 32.7 Å². The van der Waals surface area contributed by atoms with Crippen LogP contribution < -0.4 is 5.73 Å². The van der Waals surface area contributed by atoms with Crippen LogP contribution in [-0.2, 0) is 7.05 Å². The molecule has 0 saturated heterocycles. The van der Waals surface area contributed by atoms with Crippen molar-refractivity contribution in [1.82, 2.24) is 19.3 Å². The molecule has 0 amide bonds. The lowest BCUT2D eigenvalue weighted by atomic mass is 10.2. The lowest BCUT2D eigenvalue weighted by Crippen LogP contribution is -2.02. The molecule has 0 spiro atoms. The summed E-state index contributed by atoms with van der Waals surface area (Å²) in [6.45, 7) is 4.05. The van der Waals surface area contributed by atoms with Crippen molar-refractivity contribution >= 4 is 5.82 Å². The minimum absolute atomic E-state index is 0.563. The van der Waals surface area contributed by atoms with E-state index in [9.17, 15) is 0 Å². The molecule has 5 heteroatoms. The molecular weight excluding hydrogens is 214 g/mol. The normalized spacial score (nSPS) is 15.5. The molecule has 1 saturated carbocycles. The molecule has 1 aliphatic rings. The molecule has 2 N–H and O–H groups in total. The van der Waals surface area contributed by atoms with E-state index in [0.29, 0.717) is 6.04 Å². The second kappa shape index (κ2) is 3.35. The van der Waals surface area contributed by atoms with E-state index in [4.69, 9.17) is 5.73 Å². The smallest absolute Gasteiger partial charge is 0.132 e. The second-order valence-corrected chi connectivity index (χ2v) is 4.76. The van der Waals surface area contributed by atoms with Crippen LogP contribution >= 0.6 is 0 Å². The zero-order valence-electron chi connectivity index (χ0n) is 10.4. The molecule has 0 aromatic carbocycles. The molecule has 90 valence electrons. The van der Waals surface area contributed by atoms with Gasteiger partial charge in [0.1, 0.15) is 17.3 Å². The van der Waals surface area contributed by atoms with Crippen LogP contribution in [0, 0.1) is 13.8 Å². The van der Waals surface area contributed by atoms with Crippen molar-refractivity contribution in [3.63, 3.8) is 0 Å². The minimum atomic E-state index is 0.563. The molecule has 0 radical (unpaired) electrons. The number of nitrogens with zero attached hydrogens (tertiary/aromatic N) is 4. The largest absolute Gasteiger partial charge is 0.383 e. The highest BCUT2D eigenvalue weighted by atomic mass is 15.3. The van der Waals surface area contributed by atoms with Gasteiger partial charge in [-0.1, -0.05) is 0 Å². The Morgan fingerprint density at radius 1 is 1.35 bits per heavy atom. The van der Waals surface area contributed by atoms with Gasteiger partial charge >= 0.3 is 0 Å². The fourth-order valence-electron chi connectivity index (χ4n) is 2.28. The number of hydrogen-bond donors (Lipinski definition) is 1. The molecule has 1 aliphatic carbocycles. The van der Waals surface area contributed by atoms with E-state index in [-0.39, 0.29) is 0 Å². The summed E-state index contributed by atoms with van der Waals surface area (Å²) in [4.78, 5) is 4.60. The summed E-state index contributed by atoms with van der Waals surface area (Å²) >= 11 is 0. The number of nitrogens with two attached hydrogens (primary N) is 1. The number of anilines is 1. The van der Waals surface area contributed by atoms with Crippen LogP contribution in [-0.4, -0.2) is 19.3 Å². The number of rotatable bonds is 2. The van der Waals surface area contributed by atoms with Gasteiger partial charge in [0.05, 0.1) is 6.20 Å². The van der Waals surface area contributed by atoms with Crippen LogP contribution in [0.15, 0.2) is 6.20 Å². The maximum absolute atomic E-state index is 6.22. The highest BCUT2D eigenvalue weighted by Crippen LogP contribution is 2.40. The molecule has 1 fully saturated rings. The van der Waals surface area contributed by atoms with Crippen molar-refractivity contribution in [2.75, 3.05) is 5.73 Å². The number of aryl methyl sites for hydroxylation is 2. The van der Waals surface area contributed by atoms with Crippen LogP contribution in [0.3, 0.4) is 0 Å².